The summed E-state index contributed by atoms with van der Waals surface area (Å²) in [6.07, 6.45) is 2.20. The maximum Gasteiger partial charge on any atom is 0.325 e. The van der Waals surface area contributed by atoms with Gasteiger partial charge in [0.25, 0.3) is 0 Å². The Morgan fingerprint density at radius 3 is 2.54 bits per heavy atom. The minimum atomic E-state index is -1.47. The number of rotatable bonds is 4. The second-order valence-electron chi connectivity index (χ2n) is 10.2. The molecule has 3 aliphatic heterocycles. The van der Waals surface area contributed by atoms with E-state index < -0.39 is 46.9 Å². The molecule has 4 unspecified atom stereocenters. The highest BCUT2D eigenvalue weighted by molar-refractivity contribution is 6.31. The quantitative estimate of drug-likeness (QED) is 0.544. The molecule has 5 rings (SSSR count). The molecule has 35 heavy (non-hydrogen) atoms. The van der Waals surface area contributed by atoms with Gasteiger partial charge >= 0.3 is 5.97 Å². The Bertz CT molecular complexity index is 1160. The number of nitrogens with two attached hydrogens (primary N) is 1. The molecule has 2 N–H and O–H groups in total. The van der Waals surface area contributed by atoms with Gasteiger partial charge in [0.05, 0.1) is 10.6 Å². The lowest BCUT2D eigenvalue weighted by atomic mass is 9.69. The fraction of sp³-hybridized carbons (Fsp3) is 0.500. The molecule has 9 heteroatoms. The summed E-state index contributed by atoms with van der Waals surface area (Å²) in [6.45, 7) is 4.83. The molecule has 0 amide bonds. The van der Waals surface area contributed by atoms with Gasteiger partial charge in [-0.3, -0.25) is 4.79 Å². The summed E-state index contributed by atoms with van der Waals surface area (Å²) < 4.78 is 42.5. The standard InChI is InChI=1S/C26H28Cl2F2N2O3/c1-25(2)32-20(12-14-8-10-34-11-9-14)26(31,17-7-6-15(27)13-19(17)29)21(23(32)24(33)35-25)16-4-3-5-18(28)22(16)30/h3-7,13-14,20-21,23H,8-12,31H2,1-2H3. The van der Waals surface area contributed by atoms with Gasteiger partial charge in [0, 0.05) is 35.8 Å². The van der Waals surface area contributed by atoms with Crippen LogP contribution < -0.4 is 5.73 Å². The first-order valence-electron chi connectivity index (χ1n) is 11.8. The average molecular weight is 525 g/mol. The zero-order chi connectivity index (χ0) is 25.1. The number of ether oxygens (including phenoxy) is 2. The topological polar surface area (TPSA) is 64.8 Å². The molecule has 0 bridgehead atoms. The predicted octanol–water partition coefficient (Wildman–Crippen LogP) is 5.37. The number of benzene rings is 2. The lowest BCUT2D eigenvalue weighted by Gasteiger charge is -2.43. The van der Waals surface area contributed by atoms with Crippen LogP contribution in [-0.4, -0.2) is 41.9 Å². The van der Waals surface area contributed by atoms with Gasteiger partial charge in [-0.15, -0.1) is 0 Å². The number of hydrogen-bond donors (Lipinski definition) is 1. The SMILES string of the molecule is CC1(C)OC(=O)C2C(c3cccc(Cl)c3F)C(N)(c3ccc(Cl)cc3F)C(CC3CCOCC3)N21. The highest BCUT2D eigenvalue weighted by atomic mass is 35.5. The first-order chi connectivity index (χ1) is 16.6. The molecule has 188 valence electrons. The van der Waals surface area contributed by atoms with Crippen molar-refractivity contribution in [3.8, 4) is 0 Å². The van der Waals surface area contributed by atoms with Gasteiger partial charge in [-0.1, -0.05) is 41.4 Å². The molecule has 2 aromatic carbocycles. The van der Waals surface area contributed by atoms with Crippen LogP contribution in [0.2, 0.25) is 10.0 Å². The minimum Gasteiger partial charge on any atom is -0.443 e. The molecule has 0 spiro atoms. The van der Waals surface area contributed by atoms with E-state index in [4.69, 9.17) is 38.4 Å². The van der Waals surface area contributed by atoms with E-state index in [9.17, 15) is 4.79 Å². The summed E-state index contributed by atoms with van der Waals surface area (Å²) in [5, 5.41) is 0.131. The van der Waals surface area contributed by atoms with Crippen molar-refractivity contribution in [2.24, 2.45) is 11.7 Å². The number of carbonyl (C=O) groups is 1. The van der Waals surface area contributed by atoms with Crippen LogP contribution >= 0.6 is 23.2 Å². The van der Waals surface area contributed by atoms with Gasteiger partial charge < -0.3 is 15.2 Å². The maximum absolute atomic E-state index is 15.6. The Balaban J connectivity index is 1.76. The average Bonchev–Trinajstić information content (AvgIpc) is 3.19. The largest absolute Gasteiger partial charge is 0.443 e. The van der Waals surface area contributed by atoms with Crippen molar-refractivity contribution in [1.29, 1.82) is 0 Å². The summed E-state index contributed by atoms with van der Waals surface area (Å²) in [7, 11) is 0. The van der Waals surface area contributed by atoms with Crippen LogP contribution in [0, 0.1) is 17.6 Å². The first kappa shape index (κ1) is 24.9. The van der Waals surface area contributed by atoms with Gasteiger partial charge in [0.2, 0.25) is 0 Å². The molecule has 0 radical (unpaired) electrons. The molecule has 2 aromatic rings. The number of hydrogen-bond acceptors (Lipinski definition) is 5. The molecular weight excluding hydrogens is 497 g/mol. The summed E-state index contributed by atoms with van der Waals surface area (Å²) in [6, 6.07) is 7.48. The van der Waals surface area contributed by atoms with Gasteiger partial charge in [-0.2, -0.15) is 0 Å². The van der Waals surface area contributed by atoms with Crippen molar-refractivity contribution >= 4 is 29.2 Å². The third-order valence-electron chi connectivity index (χ3n) is 7.84. The second kappa shape index (κ2) is 8.96. The number of carbonyl (C=O) groups excluding carboxylic acids is 1. The van der Waals surface area contributed by atoms with Crippen LogP contribution in [0.5, 0.6) is 0 Å². The zero-order valence-corrected chi connectivity index (χ0v) is 21.1. The molecular formula is C26H28Cl2F2N2O3. The van der Waals surface area contributed by atoms with Crippen molar-refractivity contribution in [2.75, 3.05) is 13.2 Å². The van der Waals surface area contributed by atoms with Crippen molar-refractivity contribution in [2.45, 2.75) is 62.4 Å². The molecule has 4 atom stereocenters. The van der Waals surface area contributed by atoms with Gasteiger partial charge in [0.1, 0.15) is 17.7 Å². The summed E-state index contributed by atoms with van der Waals surface area (Å²) >= 11 is 12.2. The minimum absolute atomic E-state index is 0.0912. The van der Waals surface area contributed by atoms with Crippen molar-refractivity contribution in [3.63, 3.8) is 0 Å². The molecule has 3 aliphatic rings. The molecule has 0 aliphatic carbocycles. The predicted molar refractivity (Wildman–Crippen MR) is 129 cm³/mol. The summed E-state index contributed by atoms with van der Waals surface area (Å²) in [5.74, 6) is -2.50. The zero-order valence-electron chi connectivity index (χ0n) is 19.6. The number of halogens is 4. The fourth-order valence-corrected chi connectivity index (χ4v) is 6.70. The van der Waals surface area contributed by atoms with E-state index in [1.54, 1.807) is 38.1 Å². The van der Waals surface area contributed by atoms with Crippen molar-refractivity contribution < 1.29 is 23.0 Å². The monoisotopic (exact) mass is 524 g/mol. The summed E-state index contributed by atoms with van der Waals surface area (Å²) in [4.78, 5) is 15.3. The van der Waals surface area contributed by atoms with E-state index in [1.807, 2.05) is 4.90 Å². The summed E-state index contributed by atoms with van der Waals surface area (Å²) in [5.41, 5.74) is 5.14. The van der Waals surface area contributed by atoms with Crippen LogP contribution in [0.3, 0.4) is 0 Å². The van der Waals surface area contributed by atoms with E-state index in [1.165, 1.54) is 12.1 Å². The van der Waals surface area contributed by atoms with E-state index in [2.05, 4.69) is 0 Å². The normalized spacial score (nSPS) is 30.9. The van der Waals surface area contributed by atoms with Gasteiger partial charge in [0.15, 0.2) is 5.72 Å². The van der Waals surface area contributed by atoms with Crippen LogP contribution in [0.1, 0.15) is 50.2 Å². The number of fused-ring (bicyclic) bond motifs is 1. The second-order valence-corrected chi connectivity index (χ2v) is 11.0. The van der Waals surface area contributed by atoms with E-state index in [0.717, 1.165) is 12.8 Å². The van der Waals surface area contributed by atoms with E-state index in [-0.39, 0.29) is 27.1 Å². The van der Waals surface area contributed by atoms with Crippen molar-refractivity contribution in [1.82, 2.24) is 4.90 Å². The third-order valence-corrected chi connectivity index (χ3v) is 8.37. The van der Waals surface area contributed by atoms with Crippen LogP contribution in [0.15, 0.2) is 36.4 Å². The number of esters is 1. The van der Waals surface area contributed by atoms with Gasteiger partial charge in [-0.25, -0.2) is 13.7 Å². The van der Waals surface area contributed by atoms with Crippen LogP contribution in [-0.2, 0) is 19.8 Å². The van der Waals surface area contributed by atoms with E-state index in [0.29, 0.717) is 19.6 Å². The smallest absolute Gasteiger partial charge is 0.325 e. The Kier molecular flexibility index (Phi) is 6.38. The lowest BCUT2D eigenvalue weighted by molar-refractivity contribution is -0.152. The Morgan fingerprint density at radius 2 is 1.86 bits per heavy atom. The number of nitrogens with zero attached hydrogens (tertiary/aromatic N) is 1. The Hall–Kier alpha value is -1.77. The Morgan fingerprint density at radius 1 is 1.14 bits per heavy atom. The van der Waals surface area contributed by atoms with Gasteiger partial charge in [-0.05, 0) is 62.8 Å². The number of cyclic esters (lactones) is 1. The highest BCUT2D eigenvalue weighted by Crippen LogP contribution is 2.57. The molecule has 5 nitrogen and oxygen atoms in total. The van der Waals surface area contributed by atoms with Crippen LogP contribution in [0.25, 0.3) is 0 Å². The lowest BCUT2D eigenvalue weighted by Crippen LogP contribution is -2.56. The molecule has 0 aromatic heterocycles. The molecule has 3 saturated heterocycles. The molecule has 0 saturated carbocycles. The maximum atomic E-state index is 15.6. The first-order valence-corrected chi connectivity index (χ1v) is 12.6. The highest BCUT2D eigenvalue weighted by Gasteiger charge is 2.69. The third kappa shape index (κ3) is 3.96. The van der Waals surface area contributed by atoms with Crippen LogP contribution in [0.4, 0.5) is 8.78 Å². The Labute approximate surface area is 213 Å². The molecule has 3 heterocycles. The molecule has 3 fully saturated rings. The van der Waals surface area contributed by atoms with Crippen molar-refractivity contribution in [3.05, 3.63) is 69.2 Å². The fourth-order valence-electron chi connectivity index (χ4n) is 6.35. The van der Waals surface area contributed by atoms with E-state index >= 15 is 8.78 Å².